The van der Waals surface area contributed by atoms with E-state index in [1.165, 1.54) is 19.3 Å². The third kappa shape index (κ3) is 5.89. The highest BCUT2D eigenvalue weighted by atomic mass is 35.5. The summed E-state index contributed by atoms with van der Waals surface area (Å²) in [6, 6.07) is 8.06. The van der Waals surface area contributed by atoms with Crippen LogP contribution in [0.4, 0.5) is 0 Å². The van der Waals surface area contributed by atoms with Crippen molar-refractivity contribution in [2.75, 3.05) is 13.1 Å². The molecule has 2 N–H and O–H groups in total. The van der Waals surface area contributed by atoms with Gasteiger partial charge in [-0.25, -0.2) is 0 Å². The number of nitrogens with one attached hydrogen (secondary N) is 2. The van der Waals surface area contributed by atoms with Gasteiger partial charge in [0.1, 0.15) is 5.75 Å². The van der Waals surface area contributed by atoms with E-state index in [0.717, 1.165) is 37.2 Å². The Kier molecular flexibility index (Phi) is 8.04. The first-order valence-corrected chi connectivity index (χ1v) is 9.44. The van der Waals surface area contributed by atoms with Gasteiger partial charge in [-0.1, -0.05) is 25.1 Å². The fourth-order valence-electron chi connectivity index (χ4n) is 3.52. The van der Waals surface area contributed by atoms with E-state index in [4.69, 9.17) is 4.74 Å². The van der Waals surface area contributed by atoms with Gasteiger partial charge in [-0.2, -0.15) is 0 Å². The van der Waals surface area contributed by atoms with Crippen LogP contribution < -0.4 is 15.4 Å². The molecule has 140 valence electrons. The summed E-state index contributed by atoms with van der Waals surface area (Å²) in [5, 5.41) is 6.51. The maximum atomic E-state index is 12.3. The number of para-hydroxylation sites is 1. The van der Waals surface area contributed by atoms with Crippen molar-refractivity contribution < 1.29 is 9.53 Å². The van der Waals surface area contributed by atoms with Crippen molar-refractivity contribution in [3.63, 3.8) is 0 Å². The number of piperidine rings is 1. The largest absolute Gasteiger partial charge is 0.490 e. The van der Waals surface area contributed by atoms with Crippen molar-refractivity contribution in [3.8, 4) is 5.75 Å². The van der Waals surface area contributed by atoms with E-state index in [-0.39, 0.29) is 18.3 Å². The minimum Gasteiger partial charge on any atom is -0.490 e. The molecule has 1 aliphatic carbocycles. The molecule has 2 atom stereocenters. The first-order chi connectivity index (χ1) is 11.7. The molecule has 2 aliphatic rings. The molecule has 1 aromatic carbocycles. The molecule has 0 bridgehead atoms. The Bertz CT molecular complexity index is 542. The highest BCUT2D eigenvalue weighted by Crippen LogP contribution is 2.27. The quantitative estimate of drug-likeness (QED) is 0.773. The number of halogens is 1. The standard InChI is InChI=1S/C20H30N2O2.ClH/c1-15(16-7-5-11-21-13-16)12-20(23)22-14-17-6-2-3-10-19(17)24-18-8-4-9-18;/h2-3,6,10,15-16,18,21H,4-5,7-9,11-14H2,1H3,(H,22,23);1H. The van der Waals surface area contributed by atoms with E-state index >= 15 is 0 Å². The summed E-state index contributed by atoms with van der Waals surface area (Å²) in [5.41, 5.74) is 1.07. The predicted molar refractivity (Wildman–Crippen MR) is 103 cm³/mol. The van der Waals surface area contributed by atoms with Crippen molar-refractivity contribution in [1.82, 2.24) is 10.6 Å². The highest BCUT2D eigenvalue weighted by Gasteiger charge is 2.22. The first kappa shape index (κ1) is 20.1. The van der Waals surface area contributed by atoms with Gasteiger partial charge in [0.15, 0.2) is 0 Å². The molecular weight excluding hydrogens is 336 g/mol. The zero-order valence-corrected chi connectivity index (χ0v) is 15.9. The minimum absolute atomic E-state index is 0. The summed E-state index contributed by atoms with van der Waals surface area (Å²) < 4.78 is 6.03. The van der Waals surface area contributed by atoms with Crippen LogP contribution in [0.25, 0.3) is 0 Å². The summed E-state index contributed by atoms with van der Waals surface area (Å²) in [7, 11) is 0. The third-order valence-electron chi connectivity index (χ3n) is 5.44. The fourth-order valence-corrected chi connectivity index (χ4v) is 3.52. The number of rotatable bonds is 7. The van der Waals surface area contributed by atoms with Crippen LogP contribution in [0.5, 0.6) is 5.75 Å². The van der Waals surface area contributed by atoms with Crippen LogP contribution in [0.15, 0.2) is 24.3 Å². The average molecular weight is 367 g/mol. The second kappa shape index (κ2) is 10.0. The maximum absolute atomic E-state index is 12.3. The summed E-state index contributed by atoms with van der Waals surface area (Å²) in [6.45, 7) is 4.92. The van der Waals surface area contributed by atoms with E-state index in [1.807, 2.05) is 24.3 Å². The van der Waals surface area contributed by atoms with E-state index < -0.39 is 0 Å². The van der Waals surface area contributed by atoms with E-state index in [9.17, 15) is 4.79 Å². The van der Waals surface area contributed by atoms with E-state index in [2.05, 4.69) is 17.6 Å². The molecule has 1 saturated carbocycles. The number of hydrogen-bond acceptors (Lipinski definition) is 3. The summed E-state index contributed by atoms with van der Waals surface area (Å²) in [4.78, 5) is 12.3. The van der Waals surface area contributed by atoms with E-state index in [0.29, 0.717) is 30.9 Å². The summed E-state index contributed by atoms with van der Waals surface area (Å²) >= 11 is 0. The average Bonchev–Trinajstić information content (AvgIpc) is 2.58. The molecule has 1 aliphatic heterocycles. The number of carbonyl (C=O) groups excluding carboxylic acids is 1. The van der Waals surface area contributed by atoms with Gasteiger partial charge in [0.05, 0.1) is 6.10 Å². The lowest BCUT2D eigenvalue weighted by molar-refractivity contribution is -0.122. The van der Waals surface area contributed by atoms with Gasteiger partial charge in [-0.05, 0) is 63.1 Å². The fraction of sp³-hybridized carbons (Fsp3) is 0.650. The van der Waals surface area contributed by atoms with Crippen LogP contribution >= 0.6 is 12.4 Å². The Hall–Kier alpha value is -1.26. The van der Waals surface area contributed by atoms with Gasteiger partial charge in [-0.15, -0.1) is 12.4 Å². The second-order valence-electron chi connectivity index (χ2n) is 7.34. The maximum Gasteiger partial charge on any atom is 0.220 e. The van der Waals surface area contributed by atoms with Gasteiger partial charge in [0.25, 0.3) is 0 Å². The lowest BCUT2D eigenvalue weighted by Gasteiger charge is -2.28. The molecule has 3 rings (SSSR count). The number of amides is 1. The second-order valence-corrected chi connectivity index (χ2v) is 7.34. The van der Waals surface area contributed by atoms with Crippen LogP contribution in [0, 0.1) is 11.8 Å². The van der Waals surface area contributed by atoms with Crippen LogP contribution in [-0.4, -0.2) is 25.1 Å². The Balaban J connectivity index is 0.00000225. The predicted octanol–water partition coefficient (Wildman–Crippen LogP) is 3.68. The number of benzene rings is 1. The first-order valence-electron chi connectivity index (χ1n) is 9.44. The third-order valence-corrected chi connectivity index (χ3v) is 5.44. The van der Waals surface area contributed by atoms with Crippen molar-refractivity contribution in [2.24, 2.45) is 11.8 Å². The molecule has 1 amide bonds. The normalized spacial score (nSPS) is 21.6. The van der Waals surface area contributed by atoms with Crippen LogP contribution in [0.2, 0.25) is 0 Å². The number of carbonyl (C=O) groups is 1. The molecule has 0 radical (unpaired) electrons. The molecule has 0 aromatic heterocycles. The smallest absolute Gasteiger partial charge is 0.220 e. The molecule has 1 saturated heterocycles. The van der Waals surface area contributed by atoms with Crippen LogP contribution in [-0.2, 0) is 11.3 Å². The molecule has 1 aromatic rings. The monoisotopic (exact) mass is 366 g/mol. The molecule has 25 heavy (non-hydrogen) atoms. The minimum atomic E-state index is 0. The molecule has 1 heterocycles. The number of ether oxygens (including phenoxy) is 1. The molecular formula is C20H31ClN2O2. The highest BCUT2D eigenvalue weighted by molar-refractivity contribution is 5.85. The molecule has 2 unspecified atom stereocenters. The van der Waals surface area contributed by atoms with Gasteiger partial charge >= 0.3 is 0 Å². The lowest BCUT2D eigenvalue weighted by Crippen LogP contribution is -2.35. The van der Waals surface area contributed by atoms with Gasteiger partial charge in [-0.3, -0.25) is 4.79 Å². The van der Waals surface area contributed by atoms with Crippen LogP contribution in [0.3, 0.4) is 0 Å². The molecule has 4 nitrogen and oxygen atoms in total. The number of hydrogen-bond donors (Lipinski definition) is 2. The summed E-state index contributed by atoms with van der Waals surface area (Å²) in [5.74, 6) is 2.12. The van der Waals surface area contributed by atoms with Crippen molar-refractivity contribution >= 4 is 18.3 Å². The Morgan fingerprint density at radius 3 is 2.76 bits per heavy atom. The molecule has 2 fully saturated rings. The van der Waals surface area contributed by atoms with Gasteiger partial charge < -0.3 is 15.4 Å². The topological polar surface area (TPSA) is 50.4 Å². The zero-order chi connectivity index (χ0) is 16.8. The summed E-state index contributed by atoms with van der Waals surface area (Å²) in [6.07, 6.45) is 6.99. The van der Waals surface area contributed by atoms with E-state index in [1.54, 1.807) is 0 Å². The Labute approximate surface area is 157 Å². The molecule has 5 heteroatoms. The van der Waals surface area contributed by atoms with Crippen LogP contribution in [0.1, 0.15) is 51.0 Å². The Morgan fingerprint density at radius 2 is 2.08 bits per heavy atom. The SMILES string of the molecule is CC(CC(=O)NCc1ccccc1OC1CCC1)C1CCCNC1.Cl. The molecule has 0 spiro atoms. The van der Waals surface area contributed by atoms with Crippen molar-refractivity contribution in [3.05, 3.63) is 29.8 Å². The van der Waals surface area contributed by atoms with Gasteiger partial charge in [0, 0.05) is 18.5 Å². The van der Waals surface area contributed by atoms with Crippen molar-refractivity contribution in [1.29, 1.82) is 0 Å². The zero-order valence-electron chi connectivity index (χ0n) is 15.1. The Morgan fingerprint density at radius 1 is 1.28 bits per heavy atom. The van der Waals surface area contributed by atoms with Crippen molar-refractivity contribution in [2.45, 2.75) is 58.1 Å². The lowest BCUT2D eigenvalue weighted by atomic mass is 9.85. The van der Waals surface area contributed by atoms with Gasteiger partial charge in [0.2, 0.25) is 5.91 Å².